The summed E-state index contributed by atoms with van der Waals surface area (Å²) in [6.07, 6.45) is 12.2. The van der Waals surface area contributed by atoms with Crippen LogP contribution in [0.2, 0.25) is 5.02 Å². The molecule has 6 nitrogen and oxygen atoms in total. The third kappa shape index (κ3) is 6.26. The highest BCUT2D eigenvalue weighted by Gasteiger charge is 2.24. The molecule has 1 fully saturated rings. The van der Waals surface area contributed by atoms with Crippen molar-refractivity contribution < 1.29 is 4.79 Å². The van der Waals surface area contributed by atoms with Gasteiger partial charge in [-0.3, -0.25) is 4.79 Å². The quantitative estimate of drug-likeness (QED) is 0.568. The van der Waals surface area contributed by atoms with Gasteiger partial charge in [0, 0.05) is 43.3 Å². The van der Waals surface area contributed by atoms with E-state index < -0.39 is 0 Å². The molecule has 0 spiro atoms. The number of nitrogens with one attached hydrogen (secondary N) is 2. The van der Waals surface area contributed by atoms with Crippen LogP contribution in [0, 0.1) is 5.92 Å². The third-order valence-electron chi connectivity index (χ3n) is 6.65. The van der Waals surface area contributed by atoms with Crippen molar-refractivity contribution in [3.8, 4) is 0 Å². The first-order valence-corrected chi connectivity index (χ1v) is 12.4. The first kappa shape index (κ1) is 23.6. The molecule has 4 rings (SSSR count). The molecule has 0 radical (unpaired) electrons. The zero-order chi connectivity index (χ0) is 23.2. The van der Waals surface area contributed by atoms with Crippen LogP contribution in [0.15, 0.2) is 30.3 Å². The van der Waals surface area contributed by atoms with Crippen LogP contribution in [0.1, 0.15) is 55.3 Å². The van der Waals surface area contributed by atoms with Gasteiger partial charge in [-0.1, -0.05) is 29.8 Å². The summed E-state index contributed by atoms with van der Waals surface area (Å²) in [5, 5.41) is 7.28. The zero-order valence-corrected chi connectivity index (χ0v) is 20.4. The predicted molar refractivity (Wildman–Crippen MR) is 136 cm³/mol. The monoisotopic (exact) mass is 467 g/mol. The Kier molecular flexibility index (Phi) is 7.86. The van der Waals surface area contributed by atoms with Crippen LogP contribution >= 0.6 is 11.6 Å². The van der Waals surface area contributed by atoms with Gasteiger partial charge >= 0.3 is 0 Å². The molecule has 0 atom stereocenters. The normalized spacial score (nSPS) is 20.3. The van der Waals surface area contributed by atoms with Crippen LogP contribution in [-0.4, -0.2) is 42.6 Å². The molecule has 1 heterocycles. The molecule has 2 aromatic rings. The van der Waals surface area contributed by atoms with Crippen molar-refractivity contribution in [2.24, 2.45) is 5.92 Å². The molecule has 1 aromatic heterocycles. The number of carbonyl (C=O) groups excluding carboxylic acids is 1. The second-order valence-electron chi connectivity index (χ2n) is 9.36. The van der Waals surface area contributed by atoms with Gasteiger partial charge in [-0.2, -0.15) is 4.98 Å². The molecule has 33 heavy (non-hydrogen) atoms. The number of benzene rings is 1. The van der Waals surface area contributed by atoms with E-state index in [2.05, 4.69) is 29.6 Å². The minimum Gasteiger partial charge on any atom is -0.362 e. The maximum absolute atomic E-state index is 12.2. The van der Waals surface area contributed by atoms with Crippen molar-refractivity contribution in [2.45, 2.75) is 57.4 Å². The first-order valence-electron chi connectivity index (χ1n) is 12.0. The molecule has 2 aliphatic carbocycles. The number of aromatic nitrogens is 2. The maximum atomic E-state index is 12.2. The van der Waals surface area contributed by atoms with Crippen LogP contribution in [0.25, 0.3) is 6.08 Å². The molecule has 1 saturated carbocycles. The van der Waals surface area contributed by atoms with Gasteiger partial charge in [-0.05, 0) is 75.0 Å². The fraction of sp³-hybridized carbons (Fsp3) is 0.500. The number of hydrogen-bond donors (Lipinski definition) is 2. The van der Waals surface area contributed by atoms with Crippen molar-refractivity contribution in [2.75, 3.05) is 30.9 Å². The second-order valence-corrected chi connectivity index (χ2v) is 9.77. The molecule has 2 aliphatic rings. The molecule has 0 unspecified atom stereocenters. The minimum absolute atomic E-state index is 0.0751. The Morgan fingerprint density at radius 1 is 1.12 bits per heavy atom. The van der Waals surface area contributed by atoms with Crippen LogP contribution in [0.5, 0.6) is 0 Å². The fourth-order valence-corrected chi connectivity index (χ4v) is 4.98. The Hall–Kier alpha value is -2.60. The van der Waals surface area contributed by atoms with E-state index in [-0.39, 0.29) is 5.91 Å². The minimum atomic E-state index is -0.0751. The van der Waals surface area contributed by atoms with Gasteiger partial charge in [-0.25, -0.2) is 4.98 Å². The Morgan fingerprint density at radius 2 is 1.88 bits per heavy atom. The Balaban J connectivity index is 1.25. The lowest BCUT2D eigenvalue weighted by molar-refractivity contribution is -0.116. The van der Waals surface area contributed by atoms with E-state index in [0.717, 1.165) is 55.9 Å². The van der Waals surface area contributed by atoms with Crippen molar-refractivity contribution >= 4 is 35.4 Å². The largest absolute Gasteiger partial charge is 0.362 e. The van der Waals surface area contributed by atoms with E-state index in [4.69, 9.17) is 21.6 Å². The van der Waals surface area contributed by atoms with Gasteiger partial charge in [0.2, 0.25) is 11.9 Å². The lowest BCUT2D eigenvalue weighted by Gasteiger charge is -2.30. The molecule has 0 bridgehead atoms. The molecule has 7 heteroatoms. The van der Waals surface area contributed by atoms with Crippen molar-refractivity contribution in [1.29, 1.82) is 0 Å². The van der Waals surface area contributed by atoms with Gasteiger partial charge < -0.3 is 15.5 Å². The lowest BCUT2D eigenvalue weighted by atomic mass is 9.86. The average Bonchev–Trinajstić information content (AvgIpc) is 2.82. The number of carbonyl (C=O) groups is 1. The summed E-state index contributed by atoms with van der Waals surface area (Å²) in [4.78, 5) is 24.0. The van der Waals surface area contributed by atoms with Gasteiger partial charge in [0.15, 0.2) is 0 Å². The molecular weight excluding hydrogens is 434 g/mol. The molecule has 1 aromatic carbocycles. The van der Waals surface area contributed by atoms with E-state index >= 15 is 0 Å². The summed E-state index contributed by atoms with van der Waals surface area (Å²) in [5.41, 5.74) is 3.38. The fourth-order valence-electron chi connectivity index (χ4n) is 4.78. The van der Waals surface area contributed by atoms with Gasteiger partial charge in [0.05, 0.1) is 5.69 Å². The van der Waals surface area contributed by atoms with E-state index in [9.17, 15) is 4.79 Å². The molecule has 0 saturated heterocycles. The Bertz CT molecular complexity index is 998. The summed E-state index contributed by atoms with van der Waals surface area (Å²) < 4.78 is 0. The molecule has 2 N–H and O–H groups in total. The molecular formula is C26H34ClN5O. The number of halogens is 1. The van der Waals surface area contributed by atoms with E-state index in [1.165, 1.54) is 24.1 Å². The first-order chi connectivity index (χ1) is 16.0. The predicted octanol–water partition coefficient (Wildman–Crippen LogP) is 4.88. The van der Waals surface area contributed by atoms with Crippen molar-refractivity contribution in [3.05, 3.63) is 52.2 Å². The van der Waals surface area contributed by atoms with Crippen LogP contribution in [0.3, 0.4) is 0 Å². The summed E-state index contributed by atoms with van der Waals surface area (Å²) in [6, 6.07) is 7.89. The molecule has 176 valence electrons. The van der Waals surface area contributed by atoms with E-state index in [0.29, 0.717) is 23.5 Å². The van der Waals surface area contributed by atoms with Gasteiger partial charge in [0.1, 0.15) is 5.82 Å². The van der Waals surface area contributed by atoms with Crippen LogP contribution < -0.4 is 15.5 Å². The highest BCUT2D eigenvalue weighted by molar-refractivity contribution is 6.32. The number of aryl methyl sites for hydroxylation is 1. The standard InChI is InChI=1S/C26H34ClN5O/c1-32(2)25-21-8-4-6-10-23(21)30-26(31-25)29-20-14-11-18(12-15-20)17-28-24(33)16-13-19-7-3-5-9-22(19)27/h3,5,7,9,13,16,18,20H,4,6,8,10-12,14-15,17H2,1-2H3,(H,28,33)(H,29,30,31)/b16-13+. The van der Waals surface area contributed by atoms with E-state index in [1.807, 2.05) is 24.3 Å². The second kappa shape index (κ2) is 11.0. The van der Waals surface area contributed by atoms with Gasteiger partial charge in [-0.15, -0.1) is 0 Å². The van der Waals surface area contributed by atoms with Crippen LogP contribution in [-0.2, 0) is 17.6 Å². The van der Waals surface area contributed by atoms with Crippen LogP contribution in [0.4, 0.5) is 11.8 Å². The summed E-state index contributed by atoms with van der Waals surface area (Å²) in [6.45, 7) is 0.707. The van der Waals surface area contributed by atoms with Crippen molar-refractivity contribution in [1.82, 2.24) is 15.3 Å². The summed E-state index contributed by atoms with van der Waals surface area (Å²) >= 11 is 6.14. The number of rotatable bonds is 7. The molecule has 0 aliphatic heterocycles. The maximum Gasteiger partial charge on any atom is 0.244 e. The Morgan fingerprint density at radius 3 is 2.64 bits per heavy atom. The highest BCUT2D eigenvalue weighted by Crippen LogP contribution is 2.30. The summed E-state index contributed by atoms with van der Waals surface area (Å²) in [7, 11) is 4.12. The van der Waals surface area contributed by atoms with Gasteiger partial charge in [0.25, 0.3) is 0 Å². The lowest BCUT2D eigenvalue weighted by Crippen LogP contribution is -2.33. The highest BCUT2D eigenvalue weighted by atomic mass is 35.5. The molecule has 1 amide bonds. The topological polar surface area (TPSA) is 70.2 Å². The third-order valence-corrected chi connectivity index (χ3v) is 6.99. The number of hydrogen-bond acceptors (Lipinski definition) is 5. The van der Waals surface area contributed by atoms with Crippen molar-refractivity contribution in [3.63, 3.8) is 0 Å². The summed E-state index contributed by atoms with van der Waals surface area (Å²) in [5.74, 6) is 2.25. The zero-order valence-electron chi connectivity index (χ0n) is 19.6. The number of anilines is 2. The SMILES string of the molecule is CN(C)c1nc(NC2CCC(CNC(=O)/C=C/c3ccccc3Cl)CC2)nc2c1CCCC2. The number of nitrogens with zero attached hydrogens (tertiary/aromatic N) is 3. The smallest absolute Gasteiger partial charge is 0.244 e. The average molecular weight is 468 g/mol. The number of fused-ring (bicyclic) bond motifs is 1. The van der Waals surface area contributed by atoms with E-state index in [1.54, 1.807) is 12.2 Å². The number of amides is 1. The Labute approximate surface area is 201 Å².